The van der Waals surface area contributed by atoms with Gasteiger partial charge in [-0.05, 0) is 18.3 Å². The summed E-state index contributed by atoms with van der Waals surface area (Å²) in [6, 6.07) is 0. The average Bonchev–Trinajstić information content (AvgIpc) is 2.22. The van der Waals surface area contributed by atoms with Gasteiger partial charge in [0, 0.05) is 0 Å². The lowest BCUT2D eigenvalue weighted by molar-refractivity contribution is 0.834. The summed E-state index contributed by atoms with van der Waals surface area (Å²) in [4.78, 5) is 0. The summed E-state index contributed by atoms with van der Waals surface area (Å²) in [6.07, 6.45) is 2.72. The van der Waals surface area contributed by atoms with E-state index in [9.17, 15) is 0 Å². The Labute approximate surface area is 53.3 Å². The lowest BCUT2D eigenvalue weighted by atomic mass is 10.4. The average molecular weight is 114 g/mol. The van der Waals surface area contributed by atoms with Gasteiger partial charge in [-0.25, -0.2) is 0 Å². The summed E-state index contributed by atoms with van der Waals surface area (Å²) in [5.74, 6) is 2.10. The molecule has 1 fully saturated rings. The third kappa shape index (κ3) is 4.17. The van der Waals surface area contributed by atoms with E-state index in [-0.39, 0.29) is 0 Å². The van der Waals surface area contributed by atoms with Crippen molar-refractivity contribution in [2.75, 3.05) is 0 Å². The zero-order chi connectivity index (χ0) is 6.57. The molecular weight excluding hydrogens is 96.1 g/mol. The highest BCUT2D eigenvalue weighted by Crippen LogP contribution is 2.36. The summed E-state index contributed by atoms with van der Waals surface area (Å²) >= 11 is 0. The van der Waals surface area contributed by atoms with E-state index in [0.717, 1.165) is 11.8 Å². The Morgan fingerprint density at radius 2 is 1.25 bits per heavy atom. The van der Waals surface area contributed by atoms with Crippen molar-refractivity contribution in [1.29, 1.82) is 0 Å². The monoisotopic (exact) mass is 114 g/mol. The van der Waals surface area contributed by atoms with Crippen LogP contribution in [0, 0.1) is 11.8 Å². The largest absolute Gasteiger partial charge is 0.0656 e. The molecule has 50 valence electrons. The maximum absolute atomic E-state index is 2.30. The highest BCUT2D eigenvalue weighted by Gasteiger charge is 2.26. The Balaban J connectivity index is 0.000000145. The van der Waals surface area contributed by atoms with Crippen molar-refractivity contribution in [3.8, 4) is 0 Å². The van der Waals surface area contributed by atoms with Crippen LogP contribution >= 0.6 is 0 Å². The van der Waals surface area contributed by atoms with Gasteiger partial charge in [0.05, 0.1) is 0 Å². The molecule has 0 spiro atoms. The van der Waals surface area contributed by atoms with Crippen LogP contribution in [-0.4, -0.2) is 0 Å². The van der Waals surface area contributed by atoms with Crippen molar-refractivity contribution in [2.45, 2.75) is 40.5 Å². The Kier molecular flexibility index (Phi) is 3.94. The quantitative estimate of drug-likeness (QED) is 0.454. The van der Waals surface area contributed by atoms with Crippen molar-refractivity contribution < 1.29 is 0 Å². The van der Waals surface area contributed by atoms with Gasteiger partial charge in [0.2, 0.25) is 0 Å². The summed E-state index contributed by atoms with van der Waals surface area (Å²) in [7, 11) is 0. The summed E-state index contributed by atoms with van der Waals surface area (Å²) in [5, 5.41) is 0. The molecule has 0 aromatic heterocycles. The van der Waals surface area contributed by atoms with Crippen LogP contribution in [0.2, 0.25) is 0 Å². The second-order valence-corrected chi connectivity index (χ2v) is 2.90. The summed E-state index contributed by atoms with van der Waals surface area (Å²) in [6.45, 7) is 8.84. The van der Waals surface area contributed by atoms with Crippen molar-refractivity contribution in [2.24, 2.45) is 11.8 Å². The lowest BCUT2D eigenvalue weighted by Gasteiger charge is -1.66. The van der Waals surface area contributed by atoms with E-state index in [2.05, 4.69) is 27.7 Å². The molecule has 2 unspecified atom stereocenters. The van der Waals surface area contributed by atoms with E-state index in [1.807, 2.05) is 0 Å². The van der Waals surface area contributed by atoms with Crippen LogP contribution in [-0.2, 0) is 0 Å². The van der Waals surface area contributed by atoms with Crippen LogP contribution in [0.3, 0.4) is 0 Å². The van der Waals surface area contributed by atoms with E-state index < -0.39 is 0 Å². The first-order chi connectivity index (χ1) is 3.72. The molecule has 0 radical (unpaired) electrons. The molecule has 0 N–H and O–H groups in total. The third-order valence-corrected chi connectivity index (χ3v) is 1.51. The molecule has 0 bridgehead atoms. The highest BCUT2D eigenvalue weighted by molar-refractivity contribution is 4.76. The van der Waals surface area contributed by atoms with Crippen LogP contribution in [0.25, 0.3) is 0 Å². The summed E-state index contributed by atoms with van der Waals surface area (Å²) in [5.41, 5.74) is 0. The predicted molar refractivity (Wildman–Crippen MR) is 38.9 cm³/mol. The Bertz CT molecular complexity index is 42.0. The Morgan fingerprint density at radius 3 is 1.25 bits per heavy atom. The molecule has 1 saturated carbocycles. The van der Waals surface area contributed by atoms with Gasteiger partial charge in [0.25, 0.3) is 0 Å². The minimum absolute atomic E-state index is 1.05. The van der Waals surface area contributed by atoms with Crippen LogP contribution in [0.1, 0.15) is 40.5 Å². The molecule has 0 heteroatoms. The topological polar surface area (TPSA) is 0 Å². The van der Waals surface area contributed by atoms with Crippen molar-refractivity contribution in [1.82, 2.24) is 0 Å². The fraction of sp³-hybridized carbons (Fsp3) is 1.00. The molecule has 1 rings (SSSR count). The summed E-state index contributed by atoms with van der Waals surface area (Å²) < 4.78 is 0. The molecular formula is C8H18. The van der Waals surface area contributed by atoms with Gasteiger partial charge in [-0.15, -0.1) is 0 Å². The first-order valence-corrected chi connectivity index (χ1v) is 3.72. The third-order valence-electron chi connectivity index (χ3n) is 1.51. The Morgan fingerprint density at radius 1 is 1.12 bits per heavy atom. The van der Waals surface area contributed by atoms with Crippen LogP contribution in [0.4, 0.5) is 0 Å². The fourth-order valence-corrected chi connectivity index (χ4v) is 0.508. The molecule has 0 aliphatic heterocycles. The SMILES string of the molecule is CC1CC1C.CCC. The predicted octanol–water partition coefficient (Wildman–Crippen LogP) is 3.08. The molecule has 0 aromatic carbocycles. The van der Waals surface area contributed by atoms with Crippen LogP contribution < -0.4 is 0 Å². The number of rotatable bonds is 0. The maximum atomic E-state index is 2.30. The highest BCUT2D eigenvalue weighted by atomic mass is 14.3. The van der Waals surface area contributed by atoms with E-state index in [1.165, 1.54) is 12.8 Å². The smallest absolute Gasteiger partial charge is 0.0414 e. The molecule has 0 aromatic rings. The van der Waals surface area contributed by atoms with Crippen molar-refractivity contribution in [3.05, 3.63) is 0 Å². The first-order valence-electron chi connectivity index (χ1n) is 3.72. The molecule has 1 aliphatic carbocycles. The van der Waals surface area contributed by atoms with E-state index in [0.29, 0.717) is 0 Å². The van der Waals surface area contributed by atoms with E-state index >= 15 is 0 Å². The molecule has 0 amide bonds. The normalized spacial score (nSPS) is 33.0. The minimum Gasteiger partial charge on any atom is -0.0656 e. The molecule has 1 aliphatic rings. The first kappa shape index (κ1) is 8.00. The molecule has 0 nitrogen and oxygen atoms in total. The Hall–Kier alpha value is 0. The van der Waals surface area contributed by atoms with Gasteiger partial charge in [-0.1, -0.05) is 34.1 Å². The molecule has 2 atom stereocenters. The number of hydrogen-bond donors (Lipinski definition) is 0. The van der Waals surface area contributed by atoms with Gasteiger partial charge in [-0.2, -0.15) is 0 Å². The van der Waals surface area contributed by atoms with Crippen molar-refractivity contribution >= 4 is 0 Å². The van der Waals surface area contributed by atoms with Gasteiger partial charge < -0.3 is 0 Å². The van der Waals surface area contributed by atoms with Crippen molar-refractivity contribution in [3.63, 3.8) is 0 Å². The zero-order valence-electron chi connectivity index (χ0n) is 6.57. The zero-order valence-corrected chi connectivity index (χ0v) is 6.57. The molecule has 8 heavy (non-hydrogen) atoms. The molecule has 0 saturated heterocycles. The fourth-order valence-electron chi connectivity index (χ4n) is 0.508. The lowest BCUT2D eigenvalue weighted by Crippen LogP contribution is -1.58. The maximum Gasteiger partial charge on any atom is -0.0414 e. The van der Waals surface area contributed by atoms with Crippen LogP contribution in [0.5, 0.6) is 0 Å². The number of hydrogen-bond acceptors (Lipinski definition) is 0. The minimum atomic E-state index is 1.05. The van der Waals surface area contributed by atoms with Crippen LogP contribution in [0.15, 0.2) is 0 Å². The molecule has 0 heterocycles. The second-order valence-electron chi connectivity index (χ2n) is 2.90. The standard InChI is InChI=1S/C5H10.C3H8/c1-4-3-5(4)2;1-3-2/h4-5H,3H2,1-2H3;3H2,1-2H3. The van der Waals surface area contributed by atoms with E-state index in [4.69, 9.17) is 0 Å². The van der Waals surface area contributed by atoms with Gasteiger partial charge >= 0.3 is 0 Å². The van der Waals surface area contributed by atoms with Gasteiger partial charge in [0.15, 0.2) is 0 Å². The van der Waals surface area contributed by atoms with Gasteiger partial charge in [-0.3, -0.25) is 0 Å². The van der Waals surface area contributed by atoms with Gasteiger partial charge in [0.1, 0.15) is 0 Å². The second kappa shape index (κ2) is 3.94. The van der Waals surface area contributed by atoms with E-state index in [1.54, 1.807) is 0 Å².